The van der Waals surface area contributed by atoms with E-state index in [9.17, 15) is 9.59 Å². The van der Waals surface area contributed by atoms with Crippen molar-refractivity contribution < 1.29 is 19.1 Å². The molecular formula is C28H31N3O4. The van der Waals surface area contributed by atoms with Gasteiger partial charge in [-0.3, -0.25) is 9.59 Å². The van der Waals surface area contributed by atoms with Crippen molar-refractivity contribution in [3.8, 4) is 5.75 Å². The highest BCUT2D eigenvalue weighted by Gasteiger charge is 2.37. The lowest BCUT2D eigenvalue weighted by molar-refractivity contribution is -0.145. The Kier molecular flexibility index (Phi) is 6.93. The Morgan fingerprint density at radius 2 is 2.17 bits per heavy atom. The molecule has 5 rings (SSSR count). The third-order valence-corrected chi connectivity index (χ3v) is 7.00. The van der Waals surface area contributed by atoms with Gasteiger partial charge < -0.3 is 14.4 Å². The molecule has 4 heterocycles. The summed E-state index contributed by atoms with van der Waals surface area (Å²) in [5.41, 5.74) is 3.86. The van der Waals surface area contributed by atoms with Crippen LogP contribution in [0.25, 0.3) is 11.0 Å². The summed E-state index contributed by atoms with van der Waals surface area (Å²) < 4.78 is 11.0. The topological polar surface area (TPSA) is 81.6 Å². The van der Waals surface area contributed by atoms with Crippen molar-refractivity contribution in [3.63, 3.8) is 0 Å². The van der Waals surface area contributed by atoms with Gasteiger partial charge in [0.15, 0.2) is 5.65 Å². The second kappa shape index (κ2) is 10.4. The lowest BCUT2D eigenvalue weighted by Crippen LogP contribution is -2.33. The van der Waals surface area contributed by atoms with E-state index in [1.165, 1.54) is 5.56 Å². The van der Waals surface area contributed by atoms with Crippen molar-refractivity contribution >= 4 is 22.9 Å². The Bertz CT molecular complexity index is 1230. The molecule has 0 spiro atoms. The van der Waals surface area contributed by atoms with Gasteiger partial charge in [-0.15, -0.1) is 0 Å². The average molecular weight is 474 g/mol. The smallest absolute Gasteiger partial charge is 0.308 e. The van der Waals surface area contributed by atoms with E-state index in [2.05, 4.69) is 16.0 Å². The molecule has 1 amide bonds. The zero-order valence-corrected chi connectivity index (χ0v) is 20.1. The van der Waals surface area contributed by atoms with Gasteiger partial charge in [-0.2, -0.15) is 0 Å². The summed E-state index contributed by atoms with van der Waals surface area (Å²) >= 11 is 0. The van der Waals surface area contributed by atoms with Crippen LogP contribution >= 0.6 is 0 Å². The van der Waals surface area contributed by atoms with E-state index in [0.717, 1.165) is 60.1 Å². The first-order valence-corrected chi connectivity index (χ1v) is 12.5. The summed E-state index contributed by atoms with van der Waals surface area (Å²) in [5.74, 6) is 0.654. The fourth-order valence-electron chi connectivity index (χ4n) is 5.18. The van der Waals surface area contributed by atoms with Crippen molar-refractivity contribution in [1.82, 2.24) is 14.9 Å². The number of carbonyl (C=O) groups is 2. The molecule has 2 aromatic heterocycles. The van der Waals surface area contributed by atoms with Crippen LogP contribution in [0.2, 0.25) is 0 Å². The molecule has 1 aromatic carbocycles. The van der Waals surface area contributed by atoms with Crippen LogP contribution in [-0.2, 0) is 27.2 Å². The predicted octanol–water partition coefficient (Wildman–Crippen LogP) is 4.43. The van der Waals surface area contributed by atoms with E-state index >= 15 is 0 Å². The second-order valence-corrected chi connectivity index (χ2v) is 9.25. The SMILES string of the molecule is CCOC(=O)C[C@@H](c1ccc2c(c1)OCC2)N1CCC(CCCc2ccc3cccnc3n2)C1=O. The number of amides is 1. The van der Waals surface area contributed by atoms with Crippen molar-refractivity contribution in [3.05, 3.63) is 65.5 Å². The van der Waals surface area contributed by atoms with E-state index in [1.807, 2.05) is 41.3 Å². The molecule has 2 aliphatic rings. The van der Waals surface area contributed by atoms with Crippen LogP contribution in [-0.4, -0.2) is 46.5 Å². The van der Waals surface area contributed by atoms with Crippen molar-refractivity contribution in [1.29, 1.82) is 0 Å². The van der Waals surface area contributed by atoms with Crippen LogP contribution < -0.4 is 4.74 Å². The maximum absolute atomic E-state index is 13.4. The van der Waals surface area contributed by atoms with E-state index in [-0.39, 0.29) is 30.3 Å². The summed E-state index contributed by atoms with van der Waals surface area (Å²) in [7, 11) is 0. The molecule has 0 aliphatic carbocycles. The molecule has 7 heteroatoms. The van der Waals surface area contributed by atoms with Crippen molar-refractivity contribution in [2.24, 2.45) is 5.92 Å². The lowest BCUT2D eigenvalue weighted by atomic mass is 9.98. The monoisotopic (exact) mass is 473 g/mol. The third-order valence-electron chi connectivity index (χ3n) is 7.00. The summed E-state index contributed by atoms with van der Waals surface area (Å²) in [6, 6.07) is 13.7. The summed E-state index contributed by atoms with van der Waals surface area (Å²) in [4.78, 5) is 36.7. The number of nitrogens with zero attached hydrogens (tertiary/aromatic N) is 3. The van der Waals surface area contributed by atoms with Crippen LogP contribution in [0.1, 0.15) is 55.5 Å². The van der Waals surface area contributed by atoms with Gasteiger partial charge in [-0.25, -0.2) is 9.97 Å². The summed E-state index contributed by atoms with van der Waals surface area (Å²) in [6.45, 7) is 3.44. The summed E-state index contributed by atoms with van der Waals surface area (Å²) in [6.07, 6.45) is 6.09. The number of fused-ring (bicyclic) bond motifs is 2. The molecule has 2 atom stereocenters. The normalized spacial score (nSPS) is 17.9. The van der Waals surface area contributed by atoms with Gasteiger partial charge in [0.05, 0.1) is 25.7 Å². The Balaban J connectivity index is 1.25. The highest BCUT2D eigenvalue weighted by atomic mass is 16.5. The number of hydrogen-bond donors (Lipinski definition) is 0. The highest BCUT2D eigenvalue weighted by molar-refractivity contribution is 5.82. The maximum atomic E-state index is 13.4. The zero-order valence-electron chi connectivity index (χ0n) is 20.1. The predicted molar refractivity (Wildman–Crippen MR) is 132 cm³/mol. The van der Waals surface area contributed by atoms with Crippen LogP contribution in [0.3, 0.4) is 0 Å². The fraction of sp³-hybridized carbons (Fsp3) is 0.429. The number of benzene rings is 1. The molecule has 1 saturated heterocycles. The van der Waals surface area contributed by atoms with Gasteiger partial charge in [-0.1, -0.05) is 12.1 Å². The van der Waals surface area contributed by atoms with Gasteiger partial charge in [0.25, 0.3) is 0 Å². The number of rotatable bonds is 9. The van der Waals surface area contributed by atoms with Gasteiger partial charge in [-0.05, 0) is 74.1 Å². The van der Waals surface area contributed by atoms with Gasteiger partial charge in [0.2, 0.25) is 5.91 Å². The maximum Gasteiger partial charge on any atom is 0.308 e. The van der Waals surface area contributed by atoms with E-state index < -0.39 is 0 Å². The quantitative estimate of drug-likeness (QED) is 0.428. The molecule has 7 nitrogen and oxygen atoms in total. The number of ether oxygens (including phenoxy) is 2. The minimum atomic E-state index is -0.339. The molecule has 0 saturated carbocycles. The van der Waals surface area contributed by atoms with E-state index in [1.54, 1.807) is 13.1 Å². The number of esters is 1. The molecule has 182 valence electrons. The molecule has 0 radical (unpaired) electrons. The molecule has 2 aliphatic heterocycles. The van der Waals surface area contributed by atoms with Crippen LogP contribution in [0.5, 0.6) is 5.75 Å². The average Bonchev–Trinajstić information content (AvgIpc) is 3.49. The Morgan fingerprint density at radius 3 is 3.06 bits per heavy atom. The van der Waals surface area contributed by atoms with Crippen LogP contribution in [0, 0.1) is 5.92 Å². The van der Waals surface area contributed by atoms with Gasteiger partial charge >= 0.3 is 5.97 Å². The molecule has 1 unspecified atom stereocenters. The zero-order chi connectivity index (χ0) is 24.2. The fourth-order valence-corrected chi connectivity index (χ4v) is 5.18. The highest BCUT2D eigenvalue weighted by Crippen LogP contribution is 2.36. The molecule has 0 bridgehead atoms. The van der Waals surface area contributed by atoms with Crippen molar-refractivity contribution in [2.45, 2.75) is 51.5 Å². The number of aryl methyl sites for hydroxylation is 1. The number of carbonyl (C=O) groups excluding carboxylic acids is 2. The first-order chi connectivity index (χ1) is 17.1. The number of pyridine rings is 2. The number of likely N-dealkylation sites (tertiary alicyclic amines) is 1. The largest absolute Gasteiger partial charge is 0.493 e. The van der Waals surface area contributed by atoms with Crippen LogP contribution in [0.4, 0.5) is 0 Å². The number of hydrogen-bond acceptors (Lipinski definition) is 6. The lowest BCUT2D eigenvalue weighted by Gasteiger charge is -2.28. The van der Waals surface area contributed by atoms with E-state index in [0.29, 0.717) is 19.8 Å². The Labute approximate surface area is 205 Å². The molecular weight excluding hydrogens is 442 g/mol. The standard InChI is InChI=1S/C28H31N3O4/c1-2-34-26(32)18-24(22-9-8-19-13-16-35-25(19)17-22)31-15-12-21(28(31)33)5-3-7-23-11-10-20-6-4-14-29-27(20)30-23/h4,6,8-11,14,17,21,24H,2-3,5,7,12-13,15-16,18H2,1H3/t21?,24-/m0/s1. The van der Waals surface area contributed by atoms with Gasteiger partial charge in [0.1, 0.15) is 5.75 Å². The summed E-state index contributed by atoms with van der Waals surface area (Å²) in [5, 5.41) is 1.03. The minimum absolute atomic E-state index is 0.0380. The van der Waals surface area contributed by atoms with Crippen molar-refractivity contribution in [2.75, 3.05) is 19.8 Å². The molecule has 1 fully saturated rings. The molecule has 3 aromatic rings. The Morgan fingerprint density at radius 1 is 1.26 bits per heavy atom. The first kappa shape index (κ1) is 23.3. The minimum Gasteiger partial charge on any atom is -0.493 e. The first-order valence-electron chi connectivity index (χ1n) is 12.5. The Hall–Kier alpha value is -3.48. The third kappa shape index (κ3) is 5.14. The number of aromatic nitrogens is 2. The van der Waals surface area contributed by atoms with E-state index in [4.69, 9.17) is 9.47 Å². The molecule has 0 N–H and O–H groups in total. The second-order valence-electron chi connectivity index (χ2n) is 9.25. The van der Waals surface area contributed by atoms with Gasteiger partial charge in [0, 0.05) is 36.2 Å². The molecule has 35 heavy (non-hydrogen) atoms. The van der Waals surface area contributed by atoms with Crippen LogP contribution in [0.15, 0.2) is 48.7 Å².